The van der Waals surface area contributed by atoms with Gasteiger partial charge in [0, 0.05) is 12.2 Å². The molecule has 0 bridgehead atoms. The molecule has 0 saturated carbocycles. The number of hydrogen-bond donors (Lipinski definition) is 1. The molecule has 0 amide bonds. The molecule has 0 aliphatic heterocycles. The van der Waals surface area contributed by atoms with Gasteiger partial charge >= 0.3 is 0 Å². The van der Waals surface area contributed by atoms with Gasteiger partial charge in [-0.15, -0.1) is 0 Å². The fourth-order valence-corrected chi connectivity index (χ4v) is 2.13. The van der Waals surface area contributed by atoms with Gasteiger partial charge in [0.1, 0.15) is 5.75 Å². The van der Waals surface area contributed by atoms with Crippen LogP contribution in [0.4, 0.5) is 0 Å². The number of rotatable bonds is 6. The predicted octanol–water partition coefficient (Wildman–Crippen LogP) is 2.98. The first-order valence-corrected chi connectivity index (χ1v) is 6.54. The Bertz CT molecular complexity index is 482. The van der Waals surface area contributed by atoms with Crippen molar-refractivity contribution in [3.05, 3.63) is 59.9 Å². The molecule has 3 nitrogen and oxygen atoms in total. The van der Waals surface area contributed by atoms with Crippen molar-refractivity contribution in [3.63, 3.8) is 0 Å². The van der Waals surface area contributed by atoms with E-state index >= 15 is 0 Å². The molecule has 0 saturated heterocycles. The zero-order valence-electron chi connectivity index (χ0n) is 11.5. The van der Waals surface area contributed by atoms with Crippen molar-refractivity contribution in [2.24, 2.45) is 0 Å². The second kappa shape index (κ2) is 6.90. The molecule has 19 heavy (non-hydrogen) atoms. The third-order valence-electron chi connectivity index (χ3n) is 3.27. The third-order valence-corrected chi connectivity index (χ3v) is 3.27. The fraction of sp³-hybridized carbons (Fsp3) is 0.312. The normalized spacial score (nSPS) is 12.1. The maximum Gasteiger partial charge on any atom is 0.118 e. The van der Waals surface area contributed by atoms with Gasteiger partial charge in [0.15, 0.2) is 0 Å². The molecule has 100 valence electrons. The van der Waals surface area contributed by atoms with Crippen LogP contribution in [0, 0.1) is 0 Å². The number of methoxy groups -OCH3 is 1. The number of hydrogen-bond acceptors (Lipinski definition) is 3. The highest BCUT2D eigenvalue weighted by atomic mass is 16.5. The van der Waals surface area contributed by atoms with E-state index < -0.39 is 0 Å². The van der Waals surface area contributed by atoms with E-state index in [9.17, 15) is 0 Å². The van der Waals surface area contributed by atoms with E-state index in [0.29, 0.717) is 6.04 Å². The molecular weight excluding hydrogens is 236 g/mol. The van der Waals surface area contributed by atoms with Crippen LogP contribution in [0.2, 0.25) is 0 Å². The molecule has 0 spiro atoms. The summed E-state index contributed by atoms with van der Waals surface area (Å²) in [6, 6.07) is 14.6. The minimum atomic E-state index is 0.295. The van der Waals surface area contributed by atoms with Gasteiger partial charge in [-0.1, -0.05) is 18.2 Å². The number of pyridine rings is 1. The van der Waals surface area contributed by atoms with Gasteiger partial charge in [-0.05, 0) is 49.7 Å². The number of ether oxygens (including phenoxy) is 1. The Morgan fingerprint density at radius 2 is 1.95 bits per heavy atom. The van der Waals surface area contributed by atoms with Crippen LogP contribution in [0.5, 0.6) is 5.75 Å². The Kier molecular flexibility index (Phi) is 4.93. The average Bonchev–Trinajstić information content (AvgIpc) is 2.49. The van der Waals surface area contributed by atoms with Gasteiger partial charge < -0.3 is 10.1 Å². The minimum Gasteiger partial charge on any atom is -0.497 e. The molecule has 0 radical (unpaired) electrons. The summed E-state index contributed by atoms with van der Waals surface area (Å²) >= 11 is 0. The molecule has 1 aromatic heterocycles. The molecule has 1 aromatic carbocycles. The summed E-state index contributed by atoms with van der Waals surface area (Å²) in [5.41, 5.74) is 2.41. The van der Waals surface area contributed by atoms with Crippen molar-refractivity contribution in [2.75, 3.05) is 14.2 Å². The predicted molar refractivity (Wildman–Crippen MR) is 77.4 cm³/mol. The first-order chi connectivity index (χ1) is 9.33. The van der Waals surface area contributed by atoms with Gasteiger partial charge in [0.2, 0.25) is 0 Å². The Hall–Kier alpha value is -1.87. The number of nitrogens with zero attached hydrogens (tertiary/aromatic N) is 1. The largest absolute Gasteiger partial charge is 0.497 e. The molecule has 0 fully saturated rings. The van der Waals surface area contributed by atoms with Crippen LogP contribution in [0.25, 0.3) is 0 Å². The van der Waals surface area contributed by atoms with E-state index in [2.05, 4.69) is 28.5 Å². The first kappa shape index (κ1) is 13.6. The lowest BCUT2D eigenvalue weighted by atomic mass is 10.0. The summed E-state index contributed by atoms with van der Waals surface area (Å²) < 4.78 is 5.16. The molecule has 3 heteroatoms. The highest BCUT2D eigenvalue weighted by Gasteiger charge is 2.09. The molecule has 0 aliphatic carbocycles. The monoisotopic (exact) mass is 256 g/mol. The highest BCUT2D eigenvalue weighted by molar-refractivity contribution is 5.27. The van der Waals surface area contributed by atoms with E-state index in [0.717, 1.165) is 24.3 Å². The Morgan fingerprint density at radius 1 is 1.16 bits per heavy atom. The third kappa shape index (κ3) is 3.80. The average molecular weight is 256 g/mol. The summed E-state index contributed by atoms with van der Waals surface area (Å²) in [7, 11) is 3.67. The van der Waals surface area contributed by atoms with Crippen LogP contribution in [-0.4, -0.2) is 19.1 Å². The molecule has 1 atom stereocenters. The molecular formula is C16H20N2O. The van der Waals surface area contributed by atoms with Crippen molar-refractivity contribution in [1.29, 1.82) is 0 Å². The van der Waals surface area contributed by atoms with E-state index in [1.165, 1.54) is 5.56 Å². The van der Waals surface area contributed by atoms with Crippen LogP contribution in [-0.2, 0) is 6.42 Å². The second-order valence-corrected chi connectivity index (χ2v) is 4.48. The Labute approximate surface area is 114 Å². The van der Waals surface area contributed by atoms with Crippen LogP contribution in [0.3, 0.4) is 0 Å². The van der Waals surface area contributed by atoms with Crippen molar-refractivity contribution >= 4 is 0 Å². The lowest BCUT2D eigenvalue weighted by molar-refractivity contribution is 0.414. The quantitative estimate of drug-likeness (QED) is 0.862. The summed E-state index contributed by atoms with van der Waals surface area (Å²) in [6.07, 6.45) is 3.89. The van der Waals surface area contributed by atoms with Crippen molar-refractivity contribution in [1.82, 2.24) is 10.3 Å². The first-order valence-electron chi connectivity index (χ1n) is 6.54. The molecule has 1 N–H and O–H groups in total. The van der Waals surface area contributed by atoms with Crippen molar-refractivity contribution in [3.8, 4) is 5.75 Å². The Balaban J connectivity index is 1.96. The minimum absolute atomic E-state index is 0.295. The topological polar surface area (TPSA) is 34.1 Å². The lowest BCUT2D eigenvalue weighted by Crippen LogP contribution is -2.18. The molecule has 0 aliphatic rings. The summed E-state index contributed by atoms with van der Waals surface area (Å²) in [4.78, 5) is 4.41. The van der Waals surface area contributed by atoms with Crippen LogP contribution in [0.1, 0.15) is 23.7 Å². The summed E-state index contributed by atoms with van der Waals surface area (Å²) in [5, 5.41) is 3.32. The summed E-state index contributed by atoms with van der Waals surface area (Å²) in [5.74, 6) is 0.902. The van der Waals surface area contributed by atoms with Crippen LogP contribution >= 0.6 is 0 Å². The number of benzene rings is 1. The number of nitrogens with one attached hydrogen (secondary N) is 1. The van der Waals surface area contributed by atoms with E-state index in [1.807, 2.05) is 37.5 Å². The van der Waals surface area contributed by atoms with Gasteiger partial charge in [-0.2, -0.15) is 0 Å². The second-order valence-electron chi connectivity index (χ2n) is 4.48. The standard InChI is InChI=1S/C16H20N2O/c1-17-15(16-5-3-4-12-18-16)11-8-13-6-9-14(19-2)10-7-13/h3-7,9-10,12,15,17H,8,11H2,1-2H3. The smallest absolute Gasteiger partial charge is 0.118 e. The molecule has 2 aromatic rings. The van der Waals surface area contributed by atoms with E-state index in [1.54, 1.807) is 7.11 Å². The molecule has 1 unspecified atom stereocenters. The number of aryl methyl sites for hydroxylation is 1. The fourth-order valence-electron chi connectivity index (χ4n) is 2.13. The number of aromatic nitrogens is 1. The van der Waals surface area contributed by atoms with E-state index in [4.69, 9.17) is 4.74 Å². The van der Waals surface area contributed by atoms with Gasteiger partial charge in [0.25, 0.3) is 0 Å². The van der Waals surface area contributed by atoms with Gasteiger partial charge in [0.05, 0.1) is 12.8 Å². The highest BCUT2D eigenvalue weighted by Crippen LogP contribution is 2.18. The maximum atomic E-state index is 5.16. The zero-order valence-corrected chi connectivity index (χ0v) is 11.5. The van der Waals surface area contributed by atoms with Gasteiger partial charge in [-0.3, -0.25) is 4.98 Å². The van der Waals surface area contributed by atoms with Crippen molar-refractivity contribution < 1.29 is 4.74 Å². The van der Waals surface area contributed by atoms with Crippen molar-refractivity contribution in [2.45, 2.75) is 18.9 Å². The van der Waals surface area contributed by atoms with Crippen LogP contribution < -0.4 is 10.1 Å². The molecule has 1 heterocycles. The SMILES string of the molecule is CNC(CCc1ccc(OC)cc1)c1ccccn1. The Morgan fingerprint density at radius 3 is 2.53 bits per heavy atom. The van der Waals surface area contributed by atoms with Gasteiger partial charge in [-0.25, -0.2) is 0 Å². The van der Waals surface area contributed by atoms with Crippen LogP contribution in [0.15, 0.2) is 48.7 Å². The zero-order chi connectivity index (χ0) is 13.5. The maximum absolute atomic E-state index is 5.16. The summed E-state index contributed by atoms with van der Waals surface area (Å²) in [6.45, 7) is 0. The lowest BCUT2D eigenvalue weighted by Gasteiger charge is -2.15. The van der Waals surface area contributed by atoms with E-state index in [-0.39, 0.29) is 0 Å². The molecule has 2 rings (SSSR count).